The zero-order chi connectivity index (χ0) is 53.3. The van der Waals surface area contributed by atoms with Crippen LogP contribution in [-0.4, -0.2) is 165 Å². The molecule has 0 saturated heterocycles. The number of likely N-dealkylation sites (N-methyl/N-ethyl adjacent to an activating group) is 2. The summed E-state index contributed by atoms with van der Waals surface area (Å²) >= 11 is 0. The van der Waals surface area contributed by atoms with E-state index in [2.05, 4.69) is 245 Å². The van der Waals surface area contributed by atoms with Gasteiger partial charge in [0.25, 0.3) is 0 Å². The van der Waals surface area contributed by atoms with E-state index >= 15 is 0 Å². The van der Waals surface area contributed by atoms with Gasteiger partial charge in [-0.25, -0.2) is 10.0 Å². The molecular formula is C57H127N11. The Labute approximate surface area is 428 Å². The molecule has 11 nitrogen and oxygen atoms in total. The highest BCUT2D eigenvalue weighted by Crippen LogP contribution is 2.57. The minimum atomic E-state index is -0.964. The zero-order valence-corrected chi connectivity index (χ0v) is 51.5. The second-order valence-corrected chi connectivity index (χ2v) is 25.5. The van der Waals surface area contributed by atoms with Crippen LogP contribution in [0.5, 0.6) is 0 Å². The molecule has 0 aromatic heterocycles. The Morgan fingerprint density at radius 1 is 0.500 bits per heavy atom. The van der Waals surface area contributed by atoms with E-state index in [1.807, 2.05) is 0 Å². The number of nitrogens with zero attached hydrogens (tertiary/aromatic N) is 7. The molecule has 4 unspecified atom stereocenters. The van der Waals surface area contributed by atoms with Crippen molar-refractivity contribution in [2.75, 3.05) is 73.0 Å². The van der Waals surface area contributed by atoms with Gasteiger partial charge in [-0.15, -0.1) is 0 Å². The van der Waals surface area contributed by atoms with Crippen molar-refractivity contribution in [3.63, 3.8) is 0 Å². The Morgan fingerprint density at radius 3 is 1.26 bits per heavy atom. The number of hydrogen-bond acceptors (Lipinski definition) is 11. The summed E-state index contributed by atoms with van der Waals surface area (Å²) in [6.45, 7) is 71.6. The number of hydrazine groups is 1. The topological polar surface area (TPSA) is 70.8 Å². The number of nitrogens with one attached hydrogen (secondary N) is 4. The van der Waals surface area contributed by atoms with Crippen molar-refractivity contribution in [2.45, 2.75) is 289 Å². The van der Waals surface area contributed by atoms with Gasteiger partial charge in [0, 0.05) is 60.9 Å². The second kappa shape index (κ2) is 29.5. The van der Waals surface area contributed by atoms with Crippen molar-refractivity contribution in [3.8, 4) is 0 Å². The molecule has 0 aromatic rings. The molecule has 0 aliphatic carbocycles. The summed E-state index contributed by atoms with van der Waals surface area (Å²) in [6, 6.07) is 0.360. The van der Waals surface area contributed by atoms with Gasteiger partial charge < -0.3 is 0 Å². The van der Waals surface area contributed by atoms with Crippen LogP contribution in [0.25, 0.3) is 0 Å². The van der Waals surface area contributed by atoms with E-state index in [4.69, 9.17) is 5.32 Å². The Bertz CT molecular complexity index is 1280. The minimum absolute atomic E-state index is 0.100. The fourth-order valence-corrected chi connectivity index (χ4v) is 12.4. The van der Waals surface area contributed by atoms with Crippen molar-refractivity contribution in [1.29, 1.82) is 0 Å². The summed E-state index contributed by atoms with van der Waals surface area (Å²) in [5.74, 6) is -2.05. The highest BCUT2D eigenvalue weighted by molar-refractivity contribution is 5.32. The van der Waals surface area contributed by atoms with Crippen molar-refractivity contribution < 1.29 is 0 Å². The lowest BCUT2D eigenvalue weighted by molar-refractivity contribution is -0.399. The lowest BCUT2D eigenvalue weighted by atomic mass is 9.66. The normalized spacial score (nSPS) is 17.5. The van der Waals surface area contributed by atoms with Crippen LogP contribution >= 0.6 is 0 Å². The van der Waals surface area contributed by atoms with Crippen molar-refractivity contribution in [3.05, 3.63) is 0 Å². The molecule has 11 heteroatoms. The summed E-state index contributed by atoms with van der Waals surface area (Å²) in [5.41, 5.74) is -1.87. The summed E-state index contributed by atoms with van der Waals surface area (Å²) < 4.78 is 0. The first kappa shape index (κ1) is 67.6. The number of unbranched alkanes of at least 4 members (excludes halogenated alkanes) is 3. The van der Waals surface area contributed by atoms with E-state index in [1.54, 1.807) is 0 Å². The Morgan fingerprint density at radius 2 is 0.956 bits per heavy atom. The molecule has 0 fully saturated rings. The van der Waals surface area contributed by atoms with Crippen LogP contribution in [0, 0.1) is 11.8 Å². The predicted molar refractivity (Wildman–Crippen MR) is 303 cm³/mol. The summed E-state index contributed by atoms with van der Waals surface area (Å²) in [6.07, 6.45) is 8.57. The number of hydrogen-bond donors (Lipinski definition) is 4. The molecule has 4 N–H and O–H groups in total. The van der Waals surface area contributed by atoms with Crippen molar-refractivity contribution in [2.24, 2.45) is 11.8 Å². The number of rotatable bonds is 36. The first-order valence-corrected chi connectivity index (χ1v) is 28.6. The molecule has 68 heavy (non-hydrogen) atoms. The molecular weight excluding hydrogens is 839 g/mol. The van der Waals surface area contributed by atoms with Crippen LogP contribution in [0.3, 0.4) is 0 Å². The lowest BCUT2D eigenvalue weighted by Gasteiger charge is -2.80. The molecule has 0 bridgehead atoms. The Kier molecular flexibility index (Phi) is 29.3. The van der Waals surface area contributed by atoms with Crippen LogP contribution < -0.4 is 21.3 Å². The molecule has 0 radical (unpaired) electrons. The molecule has 4 atom stereocenters. The van der Waals surface area contributed by atoms with Gasteiger partial charge in [0.2, 0.25) is 0 Å². The van der Waals surface area contributed by atoms with Crippen LogP contribution in [0.4, 0.5) is 0 Å². The van der Waals surface area contributed by atoms with Crippen molar-refractivity contribution in [1.82, 2.24) is 55.8 Å². The monoisotopic (exact) mass is 966 g/mol. The average Bonchev–Trinajstić information content (AvgIpc) is 3.17. The predicted octanol–water partition coefficient (Wildman–Crippen LogP) is 11.5. The first-order valence-electron chi connectivity index (χ1n) is 28.6. The third kappa shape index (κ3) is 15.8. The van der Waals surface area contributed by atoms with Crippen LogP contribution in [0.15, 0.2) is 0 Å². The molecule has 0 amide bonds. The lowest BCUT2D eigenvalue weighted by Crippen LogP contribution is -3.06. The fourth-order valence-electron chi connectivity index (χ4n) is 12.4. The van der Waals surface area contributed by atoms with Crippen LogP contribution in [0.2, 0.25) is 0 Å². The van der Waals surface area contributed by atoms with Gasteiger partial charge in [-0.2, -0.15) is 0 Å². The molecule has 0 saturated carbocycles. The summed E-state index contributed by atoms with van der Waals surface area (Å²) in [4.78, 5) is 14.8. The van der Waals surface area contributed by atoms with Gasteiger partial charge in [0.05, 0.1) is 0 Å². The minimum Gasteiger partial charge on any atom is -0.286 e. The molecule has 0 aliphatic heterocycles. The molecule has 0 rings (SSSR count). The first-order chi connectivity index (χ1) is 31.3. The van der Waals surface area contributed by atoms with Gasteiger partial charge in [0.1, 0.15) is 0 Å². The summed E-state index contributed by atoms with van der Waals surface area (Å²) in [5, 5.41) is 24.8. The quantitative estimate of drug-likeness (QED) is 0.0276. The van der Waals surface area contributed by atoms with E-state index < -0.39 is 22.9 Å². The van der Waals surface area contributed by atoms with Gasteiger partial charge in [-0.3, -0.25) is 45.8 Å². The molecule has 410 valence electrons. The highest BCUT2D eigenvalue weighted by atomic mass is 15.8. The third-order valence-corrected chi connectivity index (χ3v) is 13.5. The Hall–Kier alpha value is -0.440. The van der Waals surface area contributed by atoms with E-state index in [0.717, 1.165) is 110 Å². The maximum Gasteiger partial charge on any atom is 0.172 e. The van der Waals surface area contributed by atoms with E-state index in [-0.39, 0.29) is 34.7 Å². The standard InChI is InChI=1S/C57H127N11/c1-29-36-39-58-55(60-48(12)13,59-44-46(8)9)54(64(40-32-4)41-33-5,56(62(27)28,61-51(18,19)20)63(34-6)35-7)57(67(49(14)15)50(16)17,65(42-37-30-2)43-38-31-3)66(45-47(10)11)68(52(21,22)23)53(24,25)26/h46-50,58-61H,29-45H2,1-28H3. The van der Waals surface area contributed by atoms with Gasteiger partial charge in [-0.05, 0) is 195 Å². The second-order valence-electron chi connectivity index (χ2n) is 25.5. The Balaban J connectivity index is 12.3. The largest absolute Gasteiger partial charge is 0.286 e. The molecule has 0 aliphatic rings. The van der Waals surface area contributed by atoms with E-state index in [9.17, 15) is 0 Å². The maximum absolute atomic E-state index is 4.79. The SMILES string of the molecule is CCCCNC(NCC(C)C)(NC(C)C)C(N(CCC)CCC)(C(NC(C)(C)C)(N(C)C)N(CC)CC)C(N(CCCC)CCCC)(N(C(C)C)C(C)C)N(CC(C)C)N(C(C)(C)C)C(C)(C)C. The fraction of sp³-hybridized carbons (Fsp3) is 1.00. The smallest absolute Gasteiger partial charge is 0.172 e. The molecule has 0 spiro atoms. The van der Waals surface area contributed by atoms with Crippen molar-refractivity contribution >= 4 is 0 Å². The third-order valence-electron chi connectivity index (χ3n) is 13.5. The van der Waals surface area contributed by atoms with Gasteiger partial charge in [0.15, 0.2) is 22.9 Å². The highest BCUT2D eigenvalue weighted by Gasteiger charge is 2.83. The van der Waals surface area contributed by atoms with Crippen LogP contribution in [0.1, 0.15) is 231 Å². The van der Waals surface area contributed by atoms with E-state index in [1.165, 1.54) is 0 Å². The average molecular weight is 967 g/mol. The van der Waals surface area contributed by atoms with Crippen LogP contribution in [-0.2, 0) is 0 Å². The molecule has 0 aromatic carbocycles. The van der Waals surface area contributed by atoms with Gasteiger partial charge in [-0.1, -0.05) is 95.4 Å². The van der Waals surface area contributed by atoms with E-state index in [0.29, 0.717) is 11.8 Å². The zero-order valence-electron chi connectivity index (χ0n) is 51.5. The molecule has 0 heterocycles. The maximum atomic E-state index is 4.79. The van der Waals surface area contributed by atoms with Gasteiger partial charge >= 0.3 is 0 Å². The summed E-state index contributed by atoms with van der Waals surface area (Å²) in [7, 11) is 4.83.